The number of sulfonamides is 1. The maximum Gasteiger partial charge on any atom is 0.249 e. The number of benzene rings is 2. The normalized spacial score (nSPS) is 18.2. The van der Waals surface area contributed by atoms with Gasteiger partial charge in [0.25, 0.3) is 0 Å². The van der Waals surface area contributed by atoms with Crippen molar-refractivity contribution in [2.75, 3.05) is 26.7 Å². The number of ether oxygens (including phenoxy) is 1. The maximum atomic E-state index is 14.1. The standard InChI is InChI=1S/C17H18F2N2O3S.ClH/c1-24-16-8-3-2-5-12(16)15-11-20-9-10-21(15)25(22,23)17-13(18)6-4-7-14(17)19;/h2-8,15,20H,9-11H2,1H3;1H. The van der Waals surface area contributed by atoms with Crippen LogP contribution in [0.25, 0.3) is 0 Å². The summed E-state index contributed by atoms with van der Waals surface area (Å²) >= 11 is 0. The van der Waals surface area contributed by atoms with Crippen LogP contribution in [-0.4, -0.2) is 39.5 Å². The zero-order valence-corrected chi connectivity index (χ0v) is 15.6. The molecule has 1 N–H and O–H groups in total. The molecular formula is C17H19ClF2N2O3S. The second kappa shape index (κ2) is 8.30. The third-order valence-corrected chi connectivity index (χ3v) is 6.14. The predicted octanol–water partition coefficient (Wildman–Crippen LogP) is 2.73. The van der Waals surface area contributed by atoms with Gasteiger partial charge in [0.05, 0.1) is 13.2 Å². The van der Waals surface area contributed by atoms with Crippen LogP contribution in [0.15, 0.2) is 47.4 Å². The molecule has 0 radical (unpaired) electrons. The van der Waals surface area contributed by atoms with Gasteiger partial charge < -0.3 is 10.1 Å². The minimum Gasteiger partial charge on any atom is -0.496 e. The van der Waals surface area contributed by atoms with Gasteiger partial charge >= 0.3 is 0 Å². The summed E-state index contributed by atoms with van der Waals surface area (Å²) in [4.78, 5) is -0.920. The number of hydrogen-bond acceptors (Lipinski definition) is 4. The third-order valence-electron chi connectivity index (χ3n) is 4.18. The van der Waals surface area contributed by atoms with Crippen molar-refractivity contribution < 1.29 is 21.9 Å². The van der Waals surface area contributed by atoms with Crippen LogP contribution >= 0.6 is 12.4 Å². The van der Waals surface area contributed by atoms with Crippen LogP contribution < -0.4 is 10.1 Å². The molecule has 142 valence electrons. The first-order valence-electron chi connectivity index (χ1n) is 7.76. The Labute approximate surface area is 157 Å². The summed E-state index contributed by atoms with van der Waals surface area (Å²) in [6.45, 7) is 0.801. The average molecular weight is 405 g/mol. The highest BCUT2D eigenvalue weighted by Gasteiger charge is 2.38. The zero-order chi connectivity index (χ0) is 18.0. The molecule has 3 rings (SSSR count). The van der Waals surface area contributed by atoms with E-state index in [1.165, 1.54) is 7.11 Å². The van der Waals surface area contributed by atoms with E-state index in [1.807, 2.05) is 0 Å². The Kier molecular flexibility index (Phi) is 6.57. The Morgan fingerprint density at radius 1 is 1.12 bits per heavy atom. The summed E-state index contributed by atoms with van der Waals surface area (Å²) in [5.74, 6) is -1.68. The van der Waals surface area contributed by atoms with E-state index in [0.717, 1.165) is 22.5 Å². The van der Waals surface area contributed by atoms with Crippen LogP contribution in [0.4, 0.5) is 8.78 Å². The van der Waals surface area contributed by atoms with E-state index >= 15 is 0 Å². The van der Waals surface area contributed by atoms with Crippen LogP contribution in [0.3, 0.4) is 0 Å². The van der Waals surface area contributed by atoms with Gasteiger partial charge in [-0.15, -0.1) is 12.4 Å². The number of nitrogens with one attached hydrogen (secondary N) is 1. The van der Waals surface area contributed by atoms with Crippen molar-refractivity contribution in [2.45, 2.75) is 10.9 Å². The van der Waals surface area contributed by atoms with Crippen molar-refractivity contribution in [3.8, 4) is 5.75 Å². The predicted molar refractivity (Wildman–Crippen MR) is 96.1 cm³/mol. The van der Waals surface area contributed by atoms with E-state index in [-0.39, 0.29) is 19.0 Å². The number of nitrogens with zero attached hydrogens (tertiary/aromatic N) is 1. The summed E-state index contributed by atoms with van der Waals surface area (Å²) in [6, 6.07) is 9.39. The fourth-order valence-corrected chi connectivity index (χ4v) is 4.74. The quantitative estimate of drug-likeness (QED) is 0.851. The van der Waals surface area contributed by atoms with Gasteiger partial charge in [0, 0.05) is 25.2 Å². The third kappa shape index (κ3) is 3.68. The van der Waals surface area contributed by atoms with Gasteiger partial charge in [-0.05, 0) is 18.2 Å². The number of rotatable bonds is 4. The molecule has 0 spiro atoms. The molecule has 0 bridgehead atoms. The van der Waals surface area contributed by atoms with Gasteiger partial charge in [0.2, 0.25) is 10.0 Å². The van der Waals surface area contributed by atoms with Gasteiger partial charge in [-0.3, -0.25) is 0 Å². The molecule has 0 amide bonds. The first-order valence-corrected chi connectivity index (χ1v) is 9.20. The van der Waals surface area contributed by atoms with E-state index in [9.17, 15) is 17.2 Å². The summed E-state index contributed by atoms with van der Waals surface area (Å²) in [5.41, 5.74) is 0.637. The Balaban J connectivity index is 0.00000243. The first kappa shape index (κ1) is 20.6. The van der Waals surface area contributed by atoms with Crippen LogP contribution in [0.1, 0.15) is 11.6 Å². The van der Waals surface area contributed by atoms with Crippen LogP contribution in [-0.2, 0) is 10.0 Å². The fourth-order valence-electron chi connectivity index (χ4n) is 3.03. The van der Waals surface area contributed by atoms with Crippen molar-refractivity contribution in [1.82, 2.24) is 9.62 Å². The van der Waals surface area contributed by atoms with Crippen molar-refractivity contribution in [1.29, 1.82) is 0 Å². The van der Waals surface area contributed by atoms with Gasteiger partial charge in [-0.25, -0.2) is 17.2 Å². The SMILES string of the molecule is COc1ccccc1C1CNCCN1S(=O)(=O)c1c(F)cccc1F.Cl. The van der Waals surface area contributed by atoms with Crippen LogP contribution in [0.5, 0.6) is 5.75 Å². The first-order chi connectivity index (χ1) is 12.0. The fraction of sp³-hybridized carbons (Fsp3) is 0.294. The second-order valence-corrected chi connectivity index (χ2v) is 7.46. The number of piperazine rings is 1. The van der Waals surface area contributed by atoms with E-state index in [1.54, 1.807) is 24.3 Å². The van der Waals surface area contributed by atoms with E-state index in [0.29, 0.717) is 24.4 Å². The van der Waals surface area contributed by atoms with Gasteiger partial charge in [0.1, 0.15) is 17.4 Å². The molecule has 1 unspecified atom stereocenters. The lowest BCUT2D eigenvalue weighted by Gasteiger charge is -2.36. The number of para-hydroxylation sites is 1. The summed E-state index contributed by atoms with van der Waals surface area (Å²) in [7, 11) is -2.87. The van der Waals surface area contributed by atoms with Crippen LogP contribution in [0.2, 0.25) is 0 Å². The molecule has 0 saturated carbocycles. The molecule has 1 atom stereocenters. The van der Waals surface area contributed by atoms with E-state index < -0.39 is 32.6 Å². The topological polar surface area (TPSA) is 58.6 Å². The molecule has 5 nitrogen and oxygen atoms in total. The van der Waals surface area contributed by atoms with Crippen molar-refractivity contribution in [3.63, 3.8) is 0 Å². The molecule has 1 aliphatic heterocycles. The molecule has 26 heavy (non-hydrogen) atoms. The summed E-state index contributed by atoms with van der Waals surface area (Å²) in [5, 5.41) is 3.12. The number of hydrogen-bond donors (Lipinski definition) is 1. The summed E-state index contributed by atoms with van der Waals surface area (Å²) < 4.78 is 60.6. The molecular weight excluding hydrogens is 386 g/mol. The highest BCUT2D eigenvalue weighted by Crippen LogP contribution is 2.35. The minimum absolute atomic E-state index is 0. The number of methoxy groups -OCH3 is 1. The molecule has 1 fully saturated rings. The Hall–Kier alpha value is -1.74. The molecule has 1 saturated heterocycles. The molecule has 2 aromatic rings. The number of halogens is 3. The molecule has 9 heteroatoms. The Bertz CT molecular complexity index is 860. The smallest absolute Gasteiger partial charge is 0.249 e. The molecule has 0 aromatic heterocycles. The molecule has 0 aliphatic carbocycles. The van der Waals surface area contributed by atoms with E-state index in [4.69, 9.17) is 4.74 Å². The van der Waals surface area contributed by atoms with Gasteiger partial charge in [-0.2, -0.15) is 4.31 Å². The average Bonchev–Trinajstić information content (AvgIpc) is 2.61. The van der Waals surface area contributed by atoms with E-state index in [2.05, 4.69) is 5.32 Å². The minimum atomic E-state index is -4.36. The lowest BCUT2D eigenvalue weighted by molar-refractivity contribution is 0.263. The van der Waals surface area contributed by atoms with Crippen LogP contribution in [0, 0.1) is 11.6 Å². The highest BCUT2D eigenvalue weighted by atomic mass is 35.5. The van der Waals surface area contributed by atoms with Gasteiger partial charge in [0.15, 0.2) is 4.90 Å². The maximum absolute atomic E-state index is 14.1. The second-order valence-electron chi connectivity index (χ2n) is 5.63. The highest BCUT2D eigenvalue weighted by molar-refractivity contribution is 7.89. The lowest BCUT2D eigenvalue weighted by atomic mass is 10.0. The van der Waals surface area contributed by atoms with Crippen molar-refractivity contribution >= 4 is 22.4 Å². The molecule has 1 heterocycles. The van der Waals surface area contributed by atoms with Gasteiger partial charge in [-0.1, -0.05) is 24.3 Å². The molecule has 1 aliphatic rings. The van der Waals surface area contributed by atoms with Crippen molar-refractivity contribution in [2.24, 2.45) is 0 Å². The largest absolute Gasteiger partial charge is 0.496 e. The monoisotopic (exact) mass is 404 g/mol. The Morgan fingerprint density at radius 3 is 2.42 bits per heavy atom. The lowest BCUT2D eigenvalue weighted by Crippen LogP contribution is -2.49. The van der Waals surface area contributed by atoms with Crippen molar-refractivity contribution in [3.05, 3.63) is 59.7 Å². The zero-order valence-electron chi connectivity index (χ0n) is 14.0. The molecule has 2 aromatic carbocycles. The summed E-state index contributed by atoms with van der Waals surface area (Å²) in [6.07, 6.45) is 0. The Morgan fingerprint density at radius 2 is 1.77 bits per heavy atom.